The van der Waals surface area contributed by atoms with Gasteiger partial charge in [-0.3, -0.25) is 0 Å². The minimum atomic E-state index is 0.731. The molecule has 0 radical (unpaired) electrons. The third kappa shape index (κ3) is 4.23. The minimum absolute atomic E-state index is 0.731. The van der Waals surface area contributed by atoms with E-state index in [9.17, 15) is 0 Å². The van der Waals surface area contributed by atoms with Crippen molar-refractivity contribution >= 4 is 0 Å². The zero-order chi connectivity index (χ0) is 8.85. The summed E-state index contributed by atoms with van der Waals surface area (Å²) < 4.78 is 0. The van der Waals surface area contributed by atoms with Gasteiger partial charge in [0.05, 0.1) is 0 Å². The fraction of sp³-hybridized carbons (Fsp3) is 0.818. The Hall–Kier alpha value is -0.260. The van der Waals surface area contributed by atoms with Gasteiger partial charge in [0.1, 0.15) is 0 Å². The molecule has 11 heavy (non-hydrogen) atoms. The molecule has 0 aliphatic carbocycles. The van der Waals surface area contributed by atoms with E-state index < -0.39 is 0 Å². The van der Waals surface area contributed by atoms with Crippen LogP contribution in [0.1, 0.15) is 47.5 Å². The molecule has 0 spiro atoms. The standard InChI is InChI=1S/C11H22/c1-6-10(5)8-11(7-2)9(3)4/h8-10H,6-7H2,1-5H3. The monoisotopic (exact) mass is 154 g/mol. The molecule has 0 aliphatic heterocycles. The first-order valence-electron chi connectivity index (χ1n) is 4.82. The molecule has 0 amide bonds. The maximum atomic E-state index is 2.44. The summed E-state index contributed by atoms with van der Waals surface area (Å²) in [7, 11) is 0. The van der Waals surface area contributed by atoms with Gasteiger partial charge in [0.2, 0.25) is 0 Å². The molecule has 0 saturated heterocycles. The Labute approximate surface area is 71.7 Å². The summed E-state index contributed by atoms with van der Waals surface area (Å²) in [5, 5.41) is 0. The molecule has 0 aromatic carbocycles. The Balaban J connectivity index is 4.10. The van der Waals surface area contributed by atoms with Crippen LogP contribution < -0.4 is 0 Å². The molecule has 0 nitrogen and oxygen atoms in total. The lowest BCUT2D eigenvalue weighted by Crippen LogP contribution is -1.96. The van der Waals surface area contributed by atoms with Gasteiger partial charge < -0.3 is 0 Å². The molecule has 0 rings (SSSR count). The second kappa shape index (κ2) is 5.40. The van der Waals surface area contributed by atoms with Crippen molar-refractivity contribution in [2.24, 2.45) is 11.8 Å². The second-order valence-electron chi connectivity index (χ2n) is 3.64. The van der Waals surface area contributed by atoms with Crippen LogP contribution in [0.2, 0.25) is 0 Å². The third-order valence-corrected chi connectivity index (χ3v) is 2.29. The van der Waals surface area contributed by atoms with Crippen molar-refractivity contribution in [2.75, 3.05) is 0 Å². The van der Waals surface area contributed by atoms with Gasteiger partial charge in [-0.15, -0.1) is 0 Å². The summed E-state index contributed by atoms with van der Waals surface area (Å²) in [6.45, 7) is 11.3. The van der Waals surface area contributed by atoms with Gasteiger partial charge in [0.25, 0.3) is 0 Å². The molecule has 0 heteroatoms. The van der Waals surface area contributed by atoms with Crippen LogP contribution in [0.15, 0.2) is 11.6 Å². The molecule has 0 heterocycles. The van der Waals surface area contributed by atoms with Crippen molar-refractivity contribution in [2.45, 2.75) is 47.5 Å². The van der Waals surface area contributed by atoms with E-state index in [-0.39, 0.29) is 0 Å². The molecule has 0 bridgehead atoms. The maximum absolute atomic E-state index is 2.44. The van der Waals surface area contributed by atoms with Crippen molar-refractivity contribution in [1.29, 1.82) is 0 Å². The molecule has 0 aliphatic rings. The van der Waals surface area contributed by atoms with Crippen molar-refractivity contribution in [3.63, 3.8) is 0 Å². The van der Waals surface area contributed by atoms with E-state index in [0.29, 0.717) is 0 Å². The zero-order valence-electron chi connectivity index (χ0n) is 8.65. The van der Waals surface area contributed by atoms with E-state index in [1.54, 1.807) is 5.57 Å². The van der Waals surface area contributed by atoms with Crippen molar-refractivity contribution < 1.29 is 0 Å². The van der Waals surface area contributed by atoms with Crippen LogP contribution in [0.5, 0.6) is 0 Å². The van der Waals surface area contributed by atoms with E-state index >= 15 is 0 Å². The van der Waals surface area contributed by atoms with E-state index in [0.717, 1.165) is 11.8 Å². The predicted molar refractivity (Wildman–Crippen MR) is 52.7 cm³/mol. The summed E-state index contributed by atoms with van der Waals surface area (Å²) >= 11 is 0. The van der Waals surface area contributed by atoms with Crippen LogP contribution in [-0.4, -0.2) is 0 Å². The molecule has 0 saturated carbocycles. The van der Waals surface area contributed by atoms with Crippen molar-refractivity contribution in [3.8, 4) is 0 Å². The first-order chi connectivity index (χ1) is 5.11. The van der Waals surface area contributed by atoms with Crippen LogP contribution in [0.3, 0.4) is 0 Å². The van der Waals surface area contributed by atoms with Crippen LogP contribution in [-0.2, 0) is 0 Å². The lowest BCUT2D eigenvalue weighted by molar-refractivity contribution is 0.654. The van der Waals surface area contributed by atoms with Crippen LogP contribution in [0.4, 0.5) is 0 Å². The molecule has 1 atom stereocenters. The van der Waals surface area contributed by atoms with Gasteiger partial charge in [0, 0.05) is 0 Å². The van der Waals surface area contributed by atoms with Crippen molar-refractivity contribution in [3.05, 3.63) is 11.6 Å². The SMILES string of the molecule is CCC(=CC(C)CC)C(C)C. The number of hydrogen-bond donors (Lipinski definition) is 0. The normalized spacial score (nSPS) is 15.6. The number of allylic oxidation sites excluding steroid dienone is 2. The molecule has 0 fully saturated rings. The Bertz CT molecular complexity index is 120. The number of rotatable bonds is 4. The highest BCUT2D eigenvalue weighted by Crippen LogP contribution is 2.17. The summed E-state index contributed by atoms with van der Waals surface area (Å²) in [5.41, 5.74) is 1.61. The molecular formula is C11H22. The Morgan fingerprint density at radius 1 is 1.18 bits per heavy atom. The highest BCUT2D eigenvalue weighted by Gasteiger charge is 2.01. The molecule has 0 aromatic rings. The van der Waals surface area contributed by atoms with E-state index in [1.165, 1.54) is 12.8 Å². The minimum Gasteiger partial charge on any atom is -0.0823 e. The molecule has 1 unspecified atom stereocenters. The average molecular weight is 154 g/mol. The smallest absolute Gasteiger partial charge is 0.0260 e. The summed E-state index contributed by atoms with van der Waals surface area (Å²) in [4.78, 5) is 0. The van der Waals surface area contributed by atoms with Gasteiger partial charge >= 0.3 is 0 Å². The van der Waals surface area contributed by atoms with E-state index in [4.69, 9.17) is 0 Å². The van der Waals surface area contributed by atoms with Crippen LogP contribution in [0, 0.1) is 11.8 Å². The van der Waals surface area contributed by atoms with E-state index in [1.807, 2.05) is 0 Å². The Kier molecular flexibility index (Phi) is 5.27. The highest BCUT2D eigenvalue weighted by atomic mass is 14.1. The van der Waals surface area contributed by atoms with Crippen LogP contribution in [0.25, 0.3) is 0 Å². The summed E-state index contributed by atoms with van der Waals surface area (Å²) in [6.07, 6.45) is 4.91. The predicted octanol–water partition coefficient (Wildman–Crippen LogP) is 4.02. The molecule has 0 N–H and O–H groups in total. The Morgan fingerprint density at radius 2 is 1.73 bits per heavy atom. The second-order valence-corrected chi connectivity index (χ2v) is 3.64. The van der Waals surface area contributed by atoms with Gasteiger partial charge in [0.15, 0.2) is 0 Å². The molecule has 0 aromatic heterocycles. The summed E-state index contributed by atoms with van der Waals surface area (Å²) in [6, 6.07) is 0. The zero-order valence-corrected chi connectivity index (χ0v) is 8.65. The molecule has 66 valence electrons. The van der Waals surface area contributed by atoms with Crippen molar-refractivity contribution in [1.82, 2.24) is 0 Å². The largest absolute Gasteiger partial charge is 0.0823 e. The van der Waals surface area contributed by atoms with E-state index in [2.05, 4.69) is 40.7 Å². The average Bonchev–Trinajstić information content (AvgIpc) is 1.99. The van der Waals surface area contributed by atoms with Gasteiger partial charge in [-0.25, -0.2) is 0 Å². The fourth-order valence-electron chi connectivity index (χ4n) is 1.20. The lowest BCUT2D eigenvalue weighted by atomic mass is 9.95. The number of hydrogen-bond acceptors (Lipinski definition) is 0. The summed E-state index contributed by atoms with van der Waals surface area (Å²) in [5.74, 6) is 1.49. The topological polar surface area (TPSA) is 0 Å². The van der Waals surface area contributed by atoms with Gasteiger partial charge in [-0.1, -0.05) is 52.7 Å². The first-order valence-corrected chi connectivity index (χ1v) is 4.82. The quantitative estimate of drug-likeness (QED) is 0.536. The van der Waals surface area contributed by atoms with Gasteiger partial charge in [-0.05, 0) is 18.3 Å². The third-order valence-electron chi connectivity index (χ3n) is 2.29. The van der Waals surface area contributed by atoms with Gasteiger partial charge in [-0.2, -0.15) is 0 Å². The molecular weight excluding hydrogens is 132 g/mol. The highest BCUT2D eigenvalue weighted by molar-refractivity contribution is 5.05. The first kappa shape index (κ1) is 10.7. The van der Waals surface area contributed by atoms with Crippen LogP contribution >= 0.6 is 0 Å². The lowest BCUT2D eigenvalue weighted by Gasteiger charge is -2.11. The Morgan fingerprint density at radius 3 is 2.00 bits per heavy atom. The maximum Gasteiger partial charge on any atom is -0.0260 e. The fourth-order valence-corrected chi connectivity index (χ4v) is 1.20.